The van der Waals surface area contributed by atoms with E-state index in [0.717, 1.165) is 42.3 Å². The summed E-state index contributed by atoms with van der Waals surface area (Å²) < 4.78 is 0. The van der Waals surface area contributed by atoms with Crippen LogP contribution in [0.15, 0.2) is 42.1 Å². The molecule has 2 unspecified atom stereocenters. The van der Waals surface area contributed by atoms with Crippen molar-refractivity contribution >= 4 is 11.8 Å². The van der Waals surface area contributed by atoms with Crippen molar-refractivity contribution in [3.05, 3.63) is 58.8 Å². The monoisotopic (exact) mass is 433 g/mol. The molecule has 1 aromatic rings. The summed E-state index contributed by atoms with van der Waals surface area (Å²) in [5, 5.41) is 2.82. The van der Waals surface area contributed by atoms with Crippen LogP contribution in [0.4, 0.5) is 0 Å². The summed E-state index contributed by atoms with van der Waals surface area (Å²) in [6.45, 7) is 10.2. The molecular weight excluding hydrogens is 398 g/mol. The molecule has 2 amide bonds. The topological polar surface area (TPSA) is 52.7 Å². The van der Waals surface area contributed by atoms with Gasteiger partial charge in [-0.3, -0.25) is 9.59 Å². The van der Waals surface area contributed by atoms with E-state index in [1.165, 1.54) is 44.2 Å². The first-order valence-corrected chi connectivity index (χ1v) is 12.3. The molecule has 5 rings (SSSR count). The predicted octanol–water partition coefficient (Wildman–Crippen LogP) is 4.36. The van der Waals surface area contributed by atoms with Gasteiger partial charge >= 0.3 is 0 Å². The molecular formula is C27H35N3O2. The third-order valence-electron chi connectivity index (χ3n) is 7.98. The average Bonchev–Trinajstić information content (AvgIpc) is 3.11. The minimum atomic E-state index is -0.384. The van der Waals surface area contributed by atoms with E-state index in [0.29, 0.717) is 18.9 Å². The van der Waals surface area contributed by atoms with E-state index < -0.39 is 0 Å². The average molecular weight is 434 g/mol. The SMILES string of the molecule is C=C1CCC(N2Cc3cc(C4CCN(CC5CC=C(C)CC5)CC4)ccc3C2=O)C(=O)N1. The predicted molar refractivity (Wildman–Crippen MR) is 126 cm³/mol. The summed E-state index contributed by atoms with van der Waals surface area (Å²) in [5.41, 5.74) is 5.51. The molecule has 170 valence electrons. The summed E-state index contributed by atoms with van der Waals surface area (Å²) in [6.07, 6.45) is 10.0. The van der Waals surface area contributed by atoms with Gasteiger partial charge in [-0.1, -0.05) is 30.4 Å². The van der Waals surface area contributed by atoms with E-state index in [1.54, 1.807) is 10.5 Å². The Kier molecular flexibility index (Phi) is 5.93. The Labute approximate surface area is 191 Å². The van der Waals surface area contributed by atoms with E-state index in [4.69, 9.17) is 0 Å². The third-order valence-corrected chi connectivity index (χ3v) is 7.98. The highest BCUT2D eigenvalue weighted by Gasteiger charge is 2.38. The van der Waals surface area contributed by atoms with Crippen LogP contribution in [0.1, 0.15) is 79.3 Å². The van der Waals surface area contributed by atoms with Gasteiger partial charge < -0.3 is 15.1 Å². The van der Waals surface area contributed by atoms with Crippen LogP contribution in [0.5, 0.6) is 0 Å². The fraction of sp³-hybridized carbons (Fsp3) is 0.556. The van der Waals surface area contributed by atoms with Crippen LogP contribution in [-0.2, 0) is 11.3 Å². The van der Waals surface area contributed by atoms with E-state index in [9.17, 15) is 9.59 Å². The second-order valence-electron chi connectivity index (χ2n) is 10.3. The second-order valence-corrected chi connectivity index (χ2v) is 10.3. The molecule has 2 saturated heterocycles. The van der Waals surface area contributed by atoms with Crippen molar-refractivity contribution < 1.29 is 9.59 Å². The molecule has 2 atom stereocenters. The number of piperidine rings is 2. The number of rotatable bonds is 4. The molecule has 0 radical (unpaired) electrons. The fourth-order valence-corrected chi connectivity index (χ4v) is 5.93. The fourth-order valence-electron chi connectivity index (χ4n) is 5.93. The summed E-state index contributed by atoms with van der Waals surface area (Å²) in [7, 11) is 0. The van der Waals surface area contributed by atoms with Gasteiger partial charge in [0, 0.05) is 24.4 Å². The summed E-state index contributed by atoms with van der Waals surface area (Å²) in [5.74, 6) is 1.28. The Balaban J connectivity index is 1.19. The number of amides is 2. The maximum atomic E-state index is 13.0. The van der Waals surface area contributed by atoms with E-state index in [1.807, 2.05) is 6.07 Å². The van der Waals surface area contributed by atoms with Crippen molar-refractivity contribution in [2.24, 2.45) is 5.92 Å². The van der Waals surface area contributed by atoms with Gasteiger partial charge in [0.25, 0.3) is 5.91 Å². The Bertz CT molecular complexity index is 958. The first-order chi connectivity index (χ1) is 15.5. The summed E-state index contributed by atoms with van der Waals surface area (Å²) >= 11 is 0. The van der Waals surface area contributed by atoms with Gasteiger partial charge in [0.05, 0.1) is 0 Å². The van der Waals surface area contributed by atoms with E-state index >= 15 is 0 Å². The smallest absolute Gasteiger partial charge is 0.255 e. The van der Waals surface area contributed by atoms with Crippen LogP contribution >= 0.6 is 0 Å². The van der Waals surface area contributed by atoms with Gasteiger partial charge in [-0.05, 0) is 94.0 Å². The van der Waals surface area contributed by atoms with Gasteiger partial charge in [-0.2, -0.15) is 0 Å². The molecule has 1 aromatic carbocycles. The first kappa shape index (κ1) is 21.4. The number of hydrogen-bond donors (Lipinski definition) is 1. The number of carbonyl (C=O) groups is 2. The van der Waals surface area contributed by atoms with Crippen LogP contribution in [0.3, 0.4) is 0 Å². The number of nitrogens with zero attached hydrogens (tertiary/aromatic N) is 2. The molecule has 0 bridgehead atoms. The number of hydrogen-bond acceptors (Lipinski definition) is 3. The second kappa shape index (κ2) is 8.86. The molecule has 0 spiro atoms. The minimum absolute atomic E-state index is 0.00852. The zero-order valence-corrected chi connectivity index (χ0v) is 19.2. The molecule has 0 saturated carbocycles. The Morgan fingerprint density at radius 2 is 1.91 bits per heavy atom. The largest absolute Gasteiger partial charge is 0.329 e. The maximum Gasteiger partial charge on any atom is 0.255 e. The van der Waals surface area contributed by atoms with Crippen LogP contribution < -0.4 is 5.32 Å². The van der Waals surface area contributed by atoms with Crippen molar-refractivity contribution in [3.8, 4) is 0 Å². The molecule has 5 heteroatoms. The van der Waals surface area contributed by atoms with Crippen LogP contribution in [-0.4, -0.2) is 47.3 Å². The highest BCUT2D eigenvalue weighted by Crippen LogP contribution is 2.34. The third kappa shape index (κ3) is 4.27. The molecule has 0 aromatic heterocycles. The standard InChI is InChI=1S/C27H35N3O2/c1-18-3-6-20(7-4-18)16-29-13-11-21(12-14-29)22-8-9-24-23(15-22)17-30(27(24)32)25-10-5-19(2)28-26(25)31/h3,8-9,15,20-21,25H,2,4-7,10-14,16-17H2,1H3,(H,28,31). The van der Waals surface area contributed by atoms with Crippen molar-refractivity contribution in [2.75, 3.05) is 19.6 Å². The van der Waals surface area contributed by atoms with Crippen molar-refractivity contribution in [2.45, 2.75) is 70.4 Å². The molecule has 32 heavy (non-hydrogen) atoms. The molecule has 3 aliphatic heterocycles. The highest BCUT2D eigenvalue weighted by molar-refractivity contribution is 6.01. The molecule has 2 fully saturated rings. The van der Waals surface area contributed by atoms with E-state index in [2.05, 4.69) is 41.9 Å². The lowest BCUT2D eigenvalue weighted by molar-refractivity contribution is -0.126. The number of likely N-dealkylation sites (tertiary alicyclic amines) is 1. The lowest BCUT2D eigenvalue weighted by Gasteiger charge is -2.35. The number of allylic oxidation sites excluding steroid dienone is 3. The zero-order valence-electron chi connectivity index (χ0n) is 19.2. The molecule has 4 aliphatic rings. The van der Waals surface area contributed by atoms with Gasteiger partial charge in [0.1, 0.15) is 6.04 Å². The van der Waals surface area contributed by atoms with Crippen molar-refractivity contribution in [3.63, 3.8) is 0 Å². The minimum Gasteiger partial charge on any atom is -0.329 e. The first-order valence-electron chi connectivity index (χ1n) is 12.3. The highest BCUT2D eigenvalue weighted by atomic mass is 16.2. The van der Waals surface area contributed by atoms with Crippen LogP contribution in [0.2, 0.25) is 0 Å². The molecule has 1 N–H and O–H groups in total. The molecule has 3 heterocycles. The Morgan fingerprint density at radius 1 is 1.09 bits per heavy atom. The maximum absolute atomic E-state index is 13.0. The normalized spacial score (nSPS) is 27.3. The molecule has 1 aliphatic carbocycles. The van der Waals surface area contributed by atoms with Crippen LogP contribution in [0.25, 0.3) is 0 Å². The molecule has 5 nitrogen and oxygen atoms in total. The lowest BCUT2D eigenvalue weighted by Crippen LogP contribution is -2.49. The van der Waals surface area contributed by atoms with Gasteiger partial charge in [0.2, 0.25) is 5.91 Å². The Morgan fingerprint density at radius 3 is 2.62 bits per heavy atom. The van der Waals surface area contributed by atoms with Crippen molar-refractivity contribution in [1.29, 1.82) is 0 Å². The summed E-state index contributed by atoms with van der Waals surface area (Å²) in [4.78, 5) is 29.8. The van der Waals surface area contributed by atoms with Gasteiger partial charge in [-0.15, -0.1) is 0 Å². The number of nitrogens with one attached hydrogen (secondary N) is 1. The Hall–Kier alpha value is -2.40. The van der Waals surface area contributed by atoms with E-state index in [-0.39, 0.29) is 17.9 Å². The van der Waals surface area contributed by atoms with Crippen molar-refractivity contribution in [1.82, 2.24) is 15.1 Å². The number of fused-ring (bicyclic) bond motifs is 1. The number of carbonyl (C=O) groups excluding carboxylic acids is 2. The quantitative estimate of drug-likeness (QED) is 0.718. The van der Waals surface area contributed by atoms with Gasteiger partial charge in [0.15, 0.2) is 0 Å². The van der Waals surface area contributed by atoms with Gasteiger partial charge in [-0.25, -0.2) is 0 Å². The van der Waals surface area contributed by atoms with Crippen LogP contribution in [0, 0.1) is 5.92 Å². The summed E-state index contributed by atoms with van der Waals surface area (Å²) in [6, 6.07) is 6.00. The number of benzene rings is 1. The zero-order chi connectivity index (χ0) is 22.2. The lowest BCUT2D eigenvalue weighted by atomic mass is 9.86.